The molecule has 0 aromatic heterocycles. The minimum Gasteiger partial charge on any atom is -0.508 e. The van der Waals surface area contributed by atoms with E-state index in [-0.39, 0.29) is 11.3 Å². The van der Waals surface area contributed by atoms with Crippen molar-refractivity contribution in [1.82, 2.24) is 0 Å². The summed E-state index contributed by atoms with van der Waals surface area (Å²) in [5.74, 6) is -6.40. The maximum atomic E-state index is 13.2. The highest BCUT2D eigenvalue weighted by Gasteiger charge is 2.78. The Balaban J connectivity index is 1.81. The van der Waals surface area contributed by atoms with Crippen LogP contribution in [0.3, 0.4) is 0 Å². The lowest BCUT2D eigenvalue weighted by molar-refractivity contribution is -0.391. The van der Waals surface area contributed by atoms with E-state index in [9.17, 15) is 45.3 Å². The van der Waals surface area contributed by atoms with Gasteiger partial charge in [-0.3, -0.25) is 4.79 Å². The van der Waals surface area contributed by atoms with E-state index < -0.39 is 91.8 Å². The number of esters is 2. The van der Waals surface area contributed by atoms with Crippen molar-refractivity contribution in [3.63, 3.8) is 0 Å². The first kappa shape index (κ1) is 26.7. The Labute approximate surface area is 204 Å². The number of phenolic OH excluding ortho intramolecular Hbond substituents is 1. The number of ether oxygens (including phenoxy) is 5. The minimum absolute atomic E-state index is 0.144. The molecule has 0 saturated carbocycles. The second-order valence-corrected chi connectivity index (χ2v) is 8.88. The fourth-order valence-electron chi connectivity index (χ4n) is 4.84. The number of aromatic hydroxyl groups is 1. The van der Waals surface area contributed by atoms with Crippen LogP contribution in [-0.2, 0) is 33.3 Å². The molecule has 0 unspecified atom stereocenters. The summed E-state index contributed by atoms with van der Waals surface area (Å²) in [6.45, 7) is -1.29. The van der Waals surface area contributed by atoms with Gasteiger partial charge in [0.15, 0.2) is 12.4 Å². The lowest BCUT2D eigenvalue weighted by Crippen LogP contribution is -2.67. The summed E-state index contributed by atoms with van der Waals surface area (Å²) in [6, 6.07) is 5.15. The van der Waals surface area contributed by atoms with Crippen molar-refractivity contribution in [3.05, 3.63) is 29.8 Å². The highest BCUT2D eigenvalue weighted by Crippen LogP contribution is 2.54. The fourth-order valence-corrected chi connectivity index (χ4v) is 4.84. The Kier molecular flexibility index (Phi) is 7.27. The van der Waals surface area contributed by atoms with E-state index in [2.05, 4.69) is 0 Å². The van der Waals surface area contributed by atoms with Gasteiger partial charge in [-0.05, 0) is 17.7 Å². The van der Waals surface area contributed by atoms with Gasteiger partial charge in [0.2, 0.25) is 5.60 Å². The Bertz CT molecular complexity index is 968. The van der Waals surface area contributed by atoms with E-state index in [0.29, 0.717) is 0 Å². The standard InChI is InChI=1S/C22H28O14/c1-32-14(26)6-11(9-2-4-10(24)5-3-9)21(31)20(30)35-18-12(25)8-33-22(18,21)36-19-17(29)16(28)15(27)13(7-23)34-19/h2-5,11-13,15-19,23-25,27-29,31H,6-8H2,1H3/t11-,12-,13-,15-,16+,17+,18-,19+,21-,22-/m1/s1. The van der Waals surface area contributed by atoms with Gasteiger partial charge in [0.1, 0.15) is 36.3 Å². The van der Waals surface area contributed by atoms with Crippen molar-refractivity contribution in [2.45, 2.75) is 66.6 Å². The summed E-state index contributed by atoms with van der Waals surface area (Å²) in [7, 11) is 1.09. The summed E-state index contributed by atoms with van der Waals surface area (Å²) in [4.78, 5) is 25.5. The van der Waals surface area contributed by atoms with Gasteiger partial charge in [-0.15, -0.1) is 0 Å². The maximum absolute atomic E-state index is 13.2. The summed E-state index contributed by atoms with van der Waals surface area (Å²) in [6.07, 6.45) is -12.6. The summed E-state index contributed by atoms with van der Waals surface area (Å²) in [5, 5.41) is 72.4. The summed E-state index contributed by atoms with van der Waals surface area (Å²) < 4.78 is 26.7. The van der Waals surface area contributed by atoms with E-state index >= 15 is 0 Å². The molecule has 200 valence electrons. The second kappa shape index (κ2) is 9.81. The van der Waals surface area contributed by atoms with Crippen LogP contribution in [0.15, 0.2) is 24.3 Å². The van der Waals surface area contributed by atoms with Crippen molar-refractivity contribution in [1.29, 1.82) is 0 Å². The molecule has 0 aliphatic carbocycles. The first-order valence-corrected chi connectivity index (χ1v) is 11.1. The third-order valence-corrected chi connectivity index (χ3v) is 6.81. The first-order chi connectivity index (χ1) is 17.0. The predicted molar refractivity (Wildman–Crippen MR) is 112 cm³/mol. The van der Waals surface area contributed by atoms with E-state index in [1.54, 1.807) is 0 Å². The number of rotatable bonds is 7. The number of hydrogen-bond acceptors (Lipinski definition) is 14. The van der Waals surface area contributed by atoms with Gasteiger partial charge in [0.05, 0.1) is 26.7 Å². The molecule has 3 heterocycles. The van der Waals surface area contributed by atoms with Crippen molar-refractivity contribution >= 4 is 11.9 Å². The molecule has 0 radical (unpaired) electrons. The number of benzene rings is 1. The second-order valence-electron chi connectivity index (χ2n) is 8.88. The largest absolute Gasteiger partial charge is 0.508 e. The number of carbonyl (C=O) groups excluding carboxylic acids is 2. The number of methoxy groups -OCH3 is 1. The molecule has 36 heavy (non-hydrogen) atoms. The third-order valence-electron chi connectivity index (χ3n) is 6.81. The lowest BCUT2D eigenvalue weighted by Gasteiger charge is -2.46. The normalized spacial score (nSPS) is 41.0. The summed E-state index contributed by atoms with van der Waals surface area (Å²) in [5.41, 5.74) is -2.71. The number of fused-ring (bicyclic) bond motifs is 1. The van der Waals surface area contributed by atoms with Crippen LogP contribution in [0.5, 0.6) is 5.75 Å². The molecule has 0 amide bonds. The maximum Gasteiger partial charge on any atom is 0.345 e. The average Bonchev–Trinajstić information content (AvgIpc) is 3.29. The van der Waals surface area contributed by atoms with Crippen molar-refractivity contribution in [3.8, 4) is 5.75 Å². The molecular formula is C22H28O14. The van der Waals surface area contributed by atoms with Gasteiger partial charge in [-0.1, -0.05) is 12.1 Å². The molecule has 14 nitrogen and oxygen atoms in total. The predicted octanol–water partition coefficient (Wildman–Crippen LogP) is -3.40. The molecular weight excluding hydrogens is 488 g/mol. The molecule has 3 aliphatic heterocycles. The number of carbonyl (C=O) groups is 2. The molecule has 1 aromatic carbocycles. The first-order valence-electron chi connectivity index (χ1n) is 11.1. The van der Waals surface area contributed by atoms with Crippen LogP contribution in [0.2, 0.25) is 0 Å². The van der Waals surface area contributed by atoms with Crippen LogP contribution in [0, 0.1) is 0 Å². The Morgan fingerprint density at radius 1 is 1.14 bits per heavy atom. The lowest BCUT2D eigenvalue weighted by atomic mass is 9.74. The highest BCUT2D eigenvalue weighted by molar-refractivity contribution is 5.87. The van der Waals surface area contributed by atoms with Gasteiger partial charge in [-0.25, -0.2) is 4.79 Å². The van der Waals surface area contributed by atoms with Crippen LogP contribution < -0.4 is 0 Å². The zero-order valence-electron chi connectivity index (χ0n) is 19.0. The topological polar surface area (TPSA) is 222 Å². The Morgan fingerprint density at radius 2 is 1.81 bits per heavy atom. The van der Waals surface area contributed by atoms with Gasteiger partial charge < -0.3 is 59.4 Å². The molecule has 1 aromatic rings. The molecule has 3 saturated heterocycles. The van der Waals surface area contributed by atoms with Gasteiger partial charge in [0, 0.05) is 5.92 Å². The monoisotopic (exact) mass is 516 g/mol. The number of aliphatic hydroxyl groups is 6. The van der Waals surface area contributed by atoms with E-state index in [1.165, 1.54) is 24.3 Å². The van der Waals surface area contributed by atoms with Crippen molar-refractivity contribution in [2.24, 2.45) is 0 Å². The van der Waals surface area contributed by atoms with Crippen LogP contribution in [0.1, 0.15) is 17.9 Å². The quantitative estimate of drug-likeness (QED) is 0.176. The van der Waals surface area contributed by atoms with Gasteiger partial charge in [0.25, 0.3) is 5.79 Å². The zero-order chi connectivity index (χ0) is 26.4. The number of aliphatic hydroxyl groups excluding tert-OH is 5. The number of hydrogen-bond donors (Lipinski definition) is 7. The van der Waals surface area contributed by atoms with Crippen molar-refractivity contribution < 1.29 is 69.0 Å². The van der Waals surface area contributed by atoms with Crippen molar-refractivity contribution in [2.75, 3.05) is 20.3 Å². The Morgan fingerprint density at radius 3 is 2.42 bits per heavy atom. The Hall–Kier alpha value is -2.40. The molecule has 0 spiro atoms. The third kappa shape index (κ3) is 4.04. The van der Waals surface area contributed by atoms with Crippen LogP contribution >= 0.6 is 0 Å². The smallest absolute Gasteiger partial charge is 0.345 e. The van der Waals surface area contributed by atoms with Crippen LogP contribution in [-0.4, -0.2) is 122 Å². The van der Waals surface area contributed by atoms with E-state index in [1.807, 2.05) is 0 Å². The molecule has 7 N–H and O–H groups in total. The highest BCUT2D eigenvalue weighted by atomic mass is 16.8. The minimum atomic E-state index is -2.86. The van der Waals surface area contributed by atoms with E-state index in [4.69, 9.17) is 23.7 Å². The molecule has 10 atom stereocenters. The average molecular weight is 516 g/mol. The van der Waals surface area contributed by atoms with Gasteiger partial charge in [-0.2, -0.15) is 0 Å². The molecule has 4 rings (SSSR count). The van der Waals surface area contributed by atoms with Crippen LogP contribution in [0.4, 0.5) is 0 Å². The molecule has 14 heteroatoms. The summed E-state index contributed by atoms with van der Waals surface area (Å²) >= 11 is 0. The molecule has 3 aliphatic rings. The van der Waals surface area contributed by atoms with Crippen LogP contribution in [0.25, 0.3) is 0 Å². The zero-order valence-corrected chi connectivity index (χ0v) is 19.0. The van der Waals surface area contributed by atoms with E-state index in [0.717, 1.165) is 7.11 Å². The molecule has 0 bridgehead atoms. The van der Waals surface area contributed by atoms with Gasteiger partial charge >= 0.3 is 11.9 Å². The molecule has 3 fully saturated rings. The fraction of sp³-hybridized carbons (Fsp3) is 0.636. The number of phenols is 1. The SMILES string of the molecule is COC(=O)C[C@H](c1ccc(O)cc1)[C@@]1(O)C(=O)O[C@@H]2[C@H](O)CO[C@@]21O[C@@H]1O[C@H](CO)[C@@H](O)[C@H](O)[C@@H]1O.